The molecule has 0 unspecified atom stereocenters. The van der Waals surface area contributed by atoms with Crippen LogP contribution in [0.25, 0.3) is 0 Å². The van der Waals surface area contributed by atoms with Crippen LogP contribution in [0, 0.1) is 0 Å². The number of phosphoric ester groups is 2. The summed E-state index contributed by atoms with van der Waals surface area (Å²) in [7, 11) is -10.6. The minimum Gasteiger partial charge on any atom is -0.387 e. The molecule has 0 bridgehead atoms. The highest BCUT2D eigenvalue weighted by Gasteiger charge is 2.55. The normalized spacial score (nSPS) is 35.9. The van der Waals surface area contributed by atoms with E-state index in [4.69, 9.17) is 29.4 Å². The van der Waals surface area contributed by atoms with Gasteiger partial charge in [-0.05, 0) is 11.8 Å². The van der Waals surface area contributed by atoms with Crippen LogP contribution in [0.4, 0.5) is 0 Å². The molecule has 0 aromatic heterocycles. The zero-order valence-electron chi connectivity index (χ0n) is 11.3. The van der Waals surface area contributed by atoms with Crippen LogP contribution in [-0.4, -0.2) is 81.3 Å². The molecule has 14 nitrogen and oxygen atoms in total. The molecule has 9 N–H and O–H groups in total. The summed E-state index contributed by atoms with van der Waals surface area (Å²) in [6, 6.07) is 0. The van der Waals surface area contributed by atoms with E-state index >= 15 is 0 Å². The van der Waals surface area contributed by atoms with Crippen LogP contribution < -0.4 is 0 Å². The smallest absolute Gasteiger partial charge is 0.387 e. The van der Waals surface area contributed by atoms with Gasteiger partial charge < -0.3 is 44.7 Å². The minimum absolute atomic E-state index is 2.21. The molecule has 0 radical (unpaired) electrons. The largest absolute Gasteiger partial charge is 0.470 e. The zero-order chi connectivity index (χ0) is 19.1. The molecule has 0 aromatic rings. The summed E-state index contributed by atoms with van der Waals surface area (Å²) < 4.78 is 34.4. The molecule has 0 amide bonds. The highest BCUT2D eigenvalue weighted by molar-refractivity contribution is 8.06. The molecule has 24 heavy (non-hydrogen) atoms. The number of aliphatic hydroxyl groups is 3. The van der Waals surface area contributed by atoms with Crippen LogP contribution in [0.5, 0.6) is 0 Å². The van der Waals surface area contributed by atoms with Crippen molar-refractivity contribution in [2.24, 2.45) is 0 Å². The maximum atomic E-state index is 10.9. The van der Waals surface area contributed by atoms with E-state index in [9.17, 15) is 24.4 Å². The van der Waals surface area contributed by atoms with E-state index in [2.05, 4.69) is 25.4 Å². The fourth-order valence-electron chi connectivity index (χ4n) is 2.01. The maximum Gasteiger partial charge on any atom is 0.470 e. The average Bonchev–Trinajstić information content (AvgIpc) is 2.32. The molecule has 1 saturated carbocycles. The standard InChI is InChI=1S/C6H15O14P3S/c7-1-2(8)5(19-22(13,14)15)6(20-23(16,17)24)3(9)4(1)18-21(10,11)12/h1-9H,(H2,10,11,12)(H2,13,14,15)(H2,16,17,24)/t1-,2+,3+,4-,5-,6-/m0/s1. The lowest BCUT2D eigenvalue weighted by Gasteiger charge is -2.44. The highest BCUT2D eigenvalue weighted by Crippen LogP contribution is 2.49. The first kappa shape index (κ1) is 22.7. The highest BCUT2D eigenvalue weighted by atomic mass is 32.5. The summed E-state index contributed by atoms with van der Waals surface area (Å²) in [5, 5.41) is 29.5. The van der Waals surface area contributed by atoms with Gasteiger partial charge in [0.1, 0.15) is 36.6 Å². The molecule has 144 valence electrons. The Balaban J connectivity index is 3.23. The summed E-state index contributed by atoms with van der Waals surface area (Å²) in [6.45, 7) is -4.60. The van der Waals surface area contributed by atoms with E-state index in [1.165, 1.54) is 0 Å². The van der Waals surface area contributed by atoms with Gasteiger partial charge in [-0.3, -0.25) is 13.6 Å². The van der Waals surface area contributed by atoms with Crippen molar-refractivity contribution in [2.45, 2.75) is 36.6 Å². The number of phosphoric acid groups is 2. The Labute approximate surface area is 139 Å². The summed E-state index contributed by atoms with van der Waals surface area (Å²) in [5.41, 5.74) is 0. The van der Waals surface area contributed by atoms with Gasteiger partial charge in [-0.1, -0.05) is 0 Å². The van der Waals surface area contributed by atoms with Gasteiger partial charge in [0.25, 0.3) is 0 Å². The Hall–Kier alpha value is 0.630. The van der Waals surface area contributed by atoms with E-state index in [1.807, 2.05) is 0 Å². The first-order valence-corrected chi connectivity index (χ1v) is 11.5. The van der Waals surface area contributed by atoms with Gasteiger partial charge in [0.15, 0.2) is 0 Å². The molecule has 0 spiro atoms. The molecule has 1 aliphatic rings. The van der Waals surface area contributed by atoms with E-state index in [0.717, 1.165) is 0 Å². The van der Waals surface area contributed by atoms with Crippen LogP contribution in [0.15, 0.2) is 0 Å². The van der Waals surface area contributed by atoms with E-state index in [-0.39, 0.29) is 0 Å². The molecule has 0 heterocycles. The van der Waals surface area contributed by atoms with Crippen molar-refractivity contribution in [1.82, 2.24) is 0 Å². The summed E-state index contributed by atoms with van der Waals surface area (Å²) in [4.78, 5) is 53.3. The van der Waals surface area contributed by atoms with Gasteiger partial charge in [0.2, 0.25) is 0 Å². The lowest BCUT2D eigenvalue weighted by molar-refractivity contribution is -0.211. The van der Waals surface area contributed by atoms with Crippen molar-refractivity contribution in [3.05, 3.63) is 0 Å². The number of aliphatic hydroxyl groups excluding tert-OH is 3. The molecule has 1 rings (SSSR count). The predicted molar refractivity (Wildman–Crippen MR) is 75.5 cm³/mol. The Morgan fingerprint density at radius 3 is 1.33 bits per heavy atom. The van der Waals surface area contributed by atoms with E-state index in [0.29, 0.717) is 0 Å². The van der Waals surface area contributed by atoms with Crippen LogP contribution in [0.1, 0.15) is 0 Å². The van der Waals surface area contributed by atoms with Gasteiger partial charge in [-0.15, -0.1) is 0 Å². The topological polar surface area (TPSA) is 244 Å². The van der Waals surface area contributed by atoms with Crippen molar-refractivity contribution in [2.75, 3.05) is 0 Å². The number of rotatable bonds is 6. The van der Waals surface area contributed by atoms with Crippen LogP contribution >= 0.6 is 22.4 Å². The molecule has 1 aliphatic carbocycles. The summed E-state index contributed by atoms with van der Waals surface area (Å²) in [5.74, 6) is 0. The van der Waals surface area contributed by atoms with Gasteiger partial charge in [-0.2, -0.15) is 0 Å². The fraction of sp³-hybridized carbons (Fsp3) is 1.00. The second kappa shape index (κ2) is 7.71. The Kier molecular flexibility index (Phi) is 7.28. The fourth-order valence-corrected chi connectivity index (χ4v) is 4.00. The third-order valence-corrected chi connectivity index (χ3v) is 4.61. The Morgan fingerprint density at radius 1 is 0.625 bits per heavy atom. The molecule has 0 aromatic carbocycles. The van der Waals surface area contributed by atoms with E-state index in [1.54, 1.807) is 0 Å². The van der Waals surface area contributed by atoms with E-state index < -0.39 is 59.0 Å². The molecular weight excluding hydrogens is 421 g/mol. The van der Waals surface area contributed by atoms with Crippen molar-refractivity contribution in [3.63, 3.8) is 0 Å². The van der Waals surface area contributed by atoms with Crippen molar-refractivity contribution >= 4 is 34.2 Å². The Bertz CT molecular complexity index is 579. The van der Waals surface area contributed by atoms with Crippen molar-refractivity contribution < 1.29 is 67.4 Å². The first-order valence-electron chi connectivity index (χ1n) is 5.78. The summed E-state index contributed by atoms with van der Waals surface area (Å²) in [6.07, 6.45) is -13.6. The quantitative estimate of drug-likeness (QED) is 0.185. The predicted octanol–water partition coefficient (Wildman–Crippen LogP) is -3.37. The first-order chi connectivity index (χ1) is 10.5. The molecule has 0 saturated heterocycles. The van der Waals surface area contributed by atoms with Crippen molar-refractivity contribution in [1.29, 1.82) is 0 Å². The molecule has 6 atom stereocenters. The van der Waals surface area contributed by atoms with Gasteiger partial charge in [0, 0.05) is 0 Å². The molecular formula is C6H15O14P3S. The number of hydrogen-bond donors (Lipinski definition) is 9. The third-order valence-electron chi connectivity index (χ3n) is 2.80. The number of hydrogen-bond acceptors (Lipinski definition) is 9. The average molecular weight is 436 g/mol. The lowest BCUT2D eigenvalue weighted by Crippen LogP contribution is -2.65. The van der Waals surface area contributed by atoms with Gasteiger partial charge in [-0.25, -0.2) is 9.13 Å². The summed E-state index contributed by atoms with van der Waals surface area (Å²) >= 11 is 4.13. The lowest BCUT2D eigenvalue weighted by atomic mass is 9.85. The van der Waals surface area contributed by atoms with Crippen LogP contribution in [0.3, 0.4) is 0 Å². The van der Waals surface area contributed by atoms with Gasteiger partial charge in [0.05, 0.1) is 0 Å². The molecule has 18 heteroatoms. The minimum atomic E-state index is -5.33. The van der Waals surface area contributed by atoms with Gasteiger partial charge >= 0.3 is 22.4 Å². The monoisotopic (exact) mass is 436 g/mol. The second-order valence-corrected chi connectivity index (χ2v) is 9.66. The van der Waals surface area contributed by atoms with Crippen LogP contribution in [0.2, 0.25) is 0 Å². The third kappa shape index (κ3) is 6.74. The maximum absolute atomic E-state index is 10.9. The zero-order valence-corrected chi connectivity index (χ0v) is 14.8. The Morgan fingerprint density at radius 2 is 0.958 bits per heavy atom. The second-order valence-electron chi connectivity index (χ2n) is 4.65. The SMILES string of the molecule is O=P(O)(O)O[C@@H]1[C@@H](O)[C@H](OP(O)(O)=S)[C@@H](OP(=O)(O)O)[C@H](O)[C@@H]1O. The molecule has 0 aliphatic heterocycles. The van der Waals surface area contributed by atoms with Crippen LogP contribution in [-0.2, 0) is 34.5 Å². The molecule has 1 fully saturated rings. The van der Waals surface area contributed by atoms with Crippen molar-refractivity contribution in [3.8, 4) is 0 Å².